The van der Waals surface area contributed by atoms with E-state index in [1.165, 1.54) is 12.3 Å². The van der Waals surface area contributed by atoms with Crippen molar-refractivity contribution in [2.24, 2.45) is 5.10 Å². The molecule has 3 amide bonds. The molecule has 174 valence electrons. The number of hydrazone groups is 1. The maximum Gasteiger partial charge on any atom is 0.329 e. The van der Waals surface area contributed by atoms with E-state index in [0.717, 1.165) is 12.8 Å². The molecule has 0 aliphatic carbocycles. The van der Waals surface area contributed by atoms with Crippen LogP contribution in [0, 0.1) is 0 Å². The molecule has 11 heteroatoms. The van der Waals surface area contributed by atoms with E-state index in [1.54, 1.807) is 36.4 Å². The number of carbonyl (C=O) groups excluding carboxylic acids is 3. The van der Waals surface area contributed by atoms with Crippen LogP contribution in [0.2, 0.25) is 10.0 Å². The van der Waals surface area contributed by atoms with Crippen molar-refractivity contribution in [2.45, 2.75) is 18.9 Å². The Bertz CT molecular complexity index is 1040. The van der Waals surface area contributed by atoms with Gasteiger partial charge in [0.25, 0.3) is 5.91 Å². The summed E-state index contributed by atoms with van der Waals surface area (Å²) in [5.74, 6) is -1.66. The average Bonchev–Trinajstić information content (AvgIpc) is 3.32. The van der Waals surface area contributed by atoms with E-state index in [0.29, 0.717) is 33.7 Å². The molecule has 0 saturated carbocycles. The van der Waals surface area contributed by atoms with Gasteiger partial charge in [-0.3, -0.25) is 14.4 Å². The van der Waals surface area contributed by atoms with Crippen LogP contribution in [0.25, 0.3) is 0 Å². The SMILES string of the molecule is O=C(COc1cccc(/C=N\NC(=O)C(=O)NC[C@H]2CCCO2)c1)Nc1ccc(Cl)cc1Cl. The van der Waals surface area contributed by atoms with Gasteiger partial charge in [-0.15, -0.1) is 0 Å². The van der Waals surface area contributed by atoms with Crippen LogP contribution in [0.1, 0.15) is 18.4 Å². The van der Waals surface area contributed by atoms with Crippen molar-refractivity contribution in [3.8, 4) is 5.75 Å². The fourth-order valence-corrected chi connectivity index (χ4v) is 3.37. The summed E-state index contributed by atoms with van der Waals surface area (Å²) < 4.78 is 10.9. The van der Waals surface area contributed by atoms with E-state index in [2.05, 4.69) is 21.2 Å². The topological polar surface area (TPSA) is 118 Å². The van der Waals surface area contributed by atoms with E-state index < -0.39 is 17.7 Å². The second-order valence-electron chi connectivity index (χ2n) is 7.08. The third-order valence-electron chi connectivity index (χ3n) is 4.53. The summed E-state index contributed by atoms with van der Waals surface area (Å²) in [6.07, 6.45) is 3.10. The Morgan fingerprint density at radius 2 is 2.00 bits per heavy atom. The molecule has 2 aromatic carbocycles. The molecule has 0 unspecified atom stereocenters. The van der Waals surface area contributed by atoms with E-state index in [9.17, 15) is 14.4 Å². The number of nitrogens with zero attached hydrogens (tertiary/aromatic N) is 1. The lowest BCUT2D eigenvalue weighted by molar-refractivity contribution is -0.139. The average molecular weight is 493 g/mol. The van der Waals surface area contributed by atoms with Gasteiger partial charge in [0.1, 0.15) is 5.75 Å². The van der Waals surface area contributed by atoms with Gasteiger partial charge in [-0.25, -0.2) is 5.43 Å². The van der Waals surface area contributed by atoms with Gasteiger partial charge >= 0.3 is 11.8 Å². The zero-order valence-corrected chi connectivity index (χ0v) is 19.0. The number of hydrogen-bond donors (Lipinski definition) is 3. The van der Waals surface area contributed by atoms with Crippen molar-refractivity contribution >= 4 is 52.8 Å². The van der Waals surface area contributed by atoms with Crippen molar-refractivity contribution in [1.29, 1.82) is 0 Å². The fourth-order valence-electron chi connectivity index (χ4n) is 2.92. The highest BCUT2D eigenvalue weighted by atomic mass is 35.5. The highest BCUT2D eigenvalue weighted by Gasteiger charge is 2.19. The number of carbonyl (C=O) groups is 3. The number of halogens is 2. The van der Waals surface area contributed by atoms with Crippen LogP contribution in [0.3, 0.4) is 0 Å². The first-order valence-electron chi connectivity index (χ1n) is 10.1. The summed E-state index contributed by atoms with van der Waals surface area (Å²) in [5.41, 5.74) is 3.18. The van der Waals surface area contributed by atoms with Crippen LogP contribution in [0.15, 0.2) is 47.6 Å². The Labute approximate surface area is 200 Å². The predicted octanol–water partition coefficient (Wildman–Crippen LogP) is 2.76. The van der Waals surface area contributed by atoms with E-state index in [1.807, 2.05) is 0 Å². The van der Waals surface area contributed by atoms with E-state index >= 15 is 0 Å². The minimum atomic E-state index is -0.880. The molecule has 0 spiro atoms. The van der Waals surface area contributed by atoms with Gasteiger partial charge in [-0.2, -0.15) is 5.10 Å². The molecule has 33 heavy (non-hydrogen) atoms. The van der Waals surface area contributed by atoms with Crippen molar-refractivity contribution in [3.05, 3.63) is 58.1 Å². The molecule has 3 rings (SSSR count). The standard InChI is InChI=1S/C22H22Cl2N4O5/c23-15-6-7-19(18(24)10-15)27-20(29)13-33-16-4-1-3-14(9-16)11-26-28-22(31)21(30)25-12-17-5-2-8-32-17/h1,3-4,6-7,9-11,17H,2,5,8,12-13H2,(H,25,30)(H,27,29)(H,28,31)/b26-11-/t17-/m1/s1. The molecule has 0 aromatic heterocycles. The van der Waals surface area contributed by atoms with Gasteiger partial charge in [0.15, 0.2) is 6.61 Å². The Hall–Kier alpha value is -3.14. The van der Waals surface area contributed by atoms with Crippen molar-refractivity contribution < 1.29 is 23.9 Å². The van der Waals surface area contributed by atoms with E-state index in [4.69, 9.17) is 32.7 Å². The quantitative estimate of drug-likeness (QED) is 0.297. The summed E-state index contributed by atoms with van der Waals surface area (Å²) >= 11 is 11.9. The van der Waals surface area contributed by atoms with Crippen LogP contribution < -0.4 is 20.8 Å². The Kier molecular flexibility index (Phi) is 9.05. The molecule has 1 heterocycles. The Balaban J connectivity index is 1.43. The molecule has 1 atom stereocenters. The number of nitrogens with one attached hydrogen (secondary N) is 3. The van der Waals surface area contributed by atoms with Crippen LogP contribution in [0.5, 0.6) is 5.75 Å². The molecule has 0 bridgehead atoms. The monoisotopic (exact) mass is 492 g/mol. The number of amides is 3. The Morgan fingerprint density at radius 1 is 1.15 bits per heavy atom. The smallest absolute Gasteiger partial charge is 0.329 e. The minimum absolute atomic E-state index is 0.0572. The summed E-state index contributed by atoms with van der Waals surface area (Å²) in [6, 6.07) is 11.4. The molecule has 1 saturated heterocycles. The fraction of sp³-hybridized carbons (Fsp3) is 0.273. The van der Waals surface area contributed by atoms with Crippen molar-refractivity contribution in [3.63, 3.8) is 0 Å². The summed E-state index contributed by atoms with van der Waals surface area (Å²) in [4.78, 5) is 35.7. The van der Waals surface area contributed by atoms with Crippen molar-refractivity contribution in [1.82, 2.24) is 10.7 Å². The van der Waals surface area contributed by atoms with Gasteiger partial charge in [-0.05, 0) is 48.7 Å². The number of benzene rings is 2. The second-order valence-corrected chi connectivity index (χ2v) is 7.92. The largest absolute Gasteiger partial charge is 0.484 e. The van der Waals surface area contributed by atoms with E-state index in [-0.39, 0.29) is 19.3 Å². The molecular weight excluding hydrogens is 471 g/mol. The minimum Gasteiger partial charge on any atom is -0.484 e. The van der Waals surface area contributed by atoms with Crippen LogP contribution >= 0.6 is 23.2 Å². The zero-order chi connectivity index (χ0) is 23.6. The highest BCUT2D eigenvalue weighted by Crippen LogP contribution is 2.25. The van der Waals surface area contributed by atoms with Crippen LogP contribution in [-0.2, 0) is 19.1 Å². The summed E-state index contributed by atoms with van der Waals surface area (Å²) in [6.45, 7) is 0.704. The predicted molar refractivity (Wildman–Crippen MR) is 125 cm³/mol. The first-order valence-corrected chi connectivity index (χ1v) is 10.9. The van der Waals surface area contributed by atoms with Crippen LogP contribution in [-0.4, -0.2) is 49.8 Å². The first-order chi connectivity index (χ1) is 15.9. The maximum absolute atomic E-state index is 12.1. The Morgan fingerprint density at radius 3 is 2.76 bits per heavy atom. The summed E-state index contributed by atoms with van der Waals surface area (Å²) in [7, 11) is 0. The number of ether oxygens (including phenoxy) is 2. The first kappa shape index (κ1) is 24.5. The number of hydrogen-bond acceptors (Lipinski definition) is 6. The molecule has 1 aliphatic rings. The molecule has 1 fully saturated rings. The van der Waals surface area contributed by atoms with Gasteiger partial charge in [0, 0.05) is 18.2 Å². The lowest BCUT2D eigenvalue weighted by Crippen LogP contribution is -2.41. The van der Waals surface area contributed by atoms with Gasteiger partial charge in [0.05, 0.1) is 23.0 Å². The number of anilines is 1. The molecule has 0 radical (unpaired) electrons. The maximum atomic E-state index is 12.1. The van der Waals surface area contributed by atoms with Crippen LogP contribution in [0.4, 0.5) is 5.69 Å². The second kappa shape index (κ2) is 12.2. The third-order valence-corrected chi connectivity index (χ3v) is 5.08. The van der Waals surface area contributed by atoms with Gasteiger partial charge < -0.3 is 20.1 Å². The lowest BCUT2D eigenvalue weighted by Gasteiger charge is -2.10. The lowest BCUT2D eigenvalue weighted by atomic mass is 10.2. The molecule has 1 aliphatic heterocycles. The van der Waals surface area contributed by atoms with Gasteiger partial charge in [0.2, 0.25) is 0 Å². The van der Waals surface area contributed by atoms with Crippen molar-refractivity contribution in [2.75, 3.05) is 25.1 Å². The highest BCUT2D eigenvalue weighted by molar-refractivity contribution is 6.36. The molecule has 2 aromatic rings. The van der Waals surface area contributed by atoms with Gasteiger partial charge in [-0.1, -0.05) is 35.3 Å². The molecule has 3 N–H and O–H groups in total. The molecular formula is C22H22Cl2N4O5. The summed E-state index contributed by atoms with van der Waals surface area (Å²) in [5, 5.41) is 9.70. The third kappa shape index (κ3) is 8.05. The molecule has 9 nitrogen and oxygen atoms in total. The zero-order valence-electron chi connectivity index (χ0n) is 17.5. The number of rotatable bonds is 8. The normalized spacial score (nSPS) is 15.3.